The second kappa shape index (κ2) is 4.01. The van der Waals surface area contributed by atoms with E-state index in [0.717, 1.165) is 5.92 Å². The van der Waals surface area contributed by atoms with Gasteiger partial charge in [-0.25, -0.2) is 0 Å². The number of nitrogens with two attached hydrogens (primary N) is 1. The fourth-order valence-corrected chi connectivity index (χ4v) is 2.20. The minimum absolute atomic E-state index is 0.347. The third-order valence-electron chi connectivity index (χ3n) is 3.27. The molecule has 2 heteroatoms. The van der Waals surface area contributed by atoms with E-state index in [1.165, 1.54) is 24.8 Å². The van der Waals surface area contributed by atoms with Crippen LogP contribution in [-0.4, -0.2) is 11.7 Å². The lowest BCUT2D eigenvalue weighted by atomic mass is 9.73. The average Bonchev–Trinajstić information content (AvgIpc) is 2.10. The number of aromatic hydroxyl groups is 1. The van der Waals surface area contributed by atoms with Gasteiger partial charge in [0.15, 0.2) is 0 Å². The Morgan fingerprint density at radius 2 is 2.21 bits per heavy atom. The van der Waals surface area contributed by atoms with Gasteiger partial charge in [0.05, 0.1) is 0 Å². The maximum atomic E-state index is 9.39. The summed E-state index contributed by atoms with van der Waals surface area (Å²) in [5.41, 5.74) is 6.98. The Morgan fingerprint density at radius 3 is 2.71 bits per heavy atom. The standard InChI is InChI=1S/C12H17NO/c13-8-12(9-3-1-4-9)10-5-2-6-11(14)7-10/h2,5-7,9,12,14H,1,3-4,8,13H2. The Bertz CT molecular complexity index is 307. The molecule has 0 heterocycles. The van der Waals surface area contributed by atoms with Crippen LogP contribution in [0.3, 0.4) is 0 Å². The minimum atomic E-state index is 0.347. The smallest absolute Gasteiger partial charge is 0.115 e. The lowest BCUT2D eigenvalue weighted by Gasteiger charge is -2.33. The Hall–Kier alpha value is -1.02. The van der Waals surface area contributed by atoms with Crippen LogP contribution in [-0.2, 0) is 0 Å². The summed E-state index contributed by atoms with van der Waals surface area (Å²) in [7, 11) is 0. The second-order valence-electron chi connectivity index (χ2n) is 4.13. The molecule has 0 saturated heterocycles. The first-order valence-electron chi connectivity index (χ1n) is 5.30. The molecule has 3 N–H and O–H groups in total. The second-order valence-corrected chi connectivity index (χ2v) is 4.13. The van der Waals surface area contributed by atoms with E-state index >= 15 is 0 Å². The van der Waals surface area contributed by atoms with Gasteiger partial charge in [-0.3, -0.25) is 0 Å². The lowest BCUT2D eigenvalue weighted by molar-refractivity contribution is 0.263. The molecule has 1 aliphatic rings. The zero-order valence-electron chi connectivity index (χ0n) is 8.32. The van der Waals surface area contributed by atoms with Gasteiger partial charge in [0.2, 0.25) is 0 Å². The van der Waals surface area contributed by atoms with Crippen molar-refractivity contribution >= 4 is 0 Å². The van der Waals surface area contributed by atoms with Crippen molar-refractivity contribution in [2.24, 2.45) is 11.7 Å². The Balaban J connectivity index is 2.17. The van der Waals surface area contributed by atoms with Crippen molar-refractivity contribution in [3.05, 3.63) is 29.8 Å². The molecule has 0 aliphatic heterocycles. The fourth-order valence-electron chi connectivity index (χ4n) is 2.20. The molecule has 1 aliphatic carbocycles. The lowest BCUT2D eigenvalue weighted by Crippen LogP contribution is -2.26. The molecule has 0 spiro atoms. The van der Waals surface area contributed by atoms with Gasteiger partial charge in [-0.1, -0.05) is 18.6 Å². The third kappa shape index (κ3) is 1.75. The van der Waals surface area contributed by atoms with Crippen molar-refractivity contribution < 1.29 is 5.11 Å². The largest absolute Gasteiger partial charge is 0.508 e. The van der Waals surface area contributed by atoms with E-state index in [9.17, 15) is 5.11 Å². The molecule has 1 fully saturated rings. The van der Waals surface area contributed by atoms with Crippen LogP contribution in [0.4, 0.5) is 0 Å². The predicted octanol–water partition coefficient (Wildman–Crippen LogP) is 2.23. The molecule has 76 valence electrons. The number of benzene rings is 1. The van der Waals surface area contributed by atoms with Crippen LogP contribution in [0.15, 0.2) is 24.3 Å². The Kier molecular flexibility index (Phi) is 2.73. The summed E-state index contributed by atoms with van der Waals surface area (Å²) in [6.45, 7) is 0.689. The predicted molar refractivity (Wildman–Crippen MR) is 57.2 cm³/mol. The molecule has 0 aromatic heterocycles. The Morgan fingerprint density at radius 1 is 1.43 bits per heavy atom. The molecule has 2 rings (SSSR count). The molecular weight excluding hydrogens is 174 g/mol. The molecule has 1 saturated carbocycles. The number of hydrogen-bond acceptors (Lipinski definition) is 2. The van der Waals surface area contributed by atoms with Crippen LogP contribution < -0.4 is 5.73 Å². The fraction of sp³-hybridized carbons (Fsp3) is 0.500. The first-order chi connectivity index (χ1) is 6.81. The van der Waals surface area contributed by atoms with Gasteiger partial charge < -0.3 is 10.8 Å². The van der Waals surface area contributed by atoms with Crippen LogP contribution >= 0.6 is 0 Å². The molecule has 14 heavy (non-hydrogen) atoms. The molecule has 1 atom stereocenters. The van der Waals surface area contributed by atoms with Crippen molar-refractivity contribution in [1.29, 1.82) is 0 Å². The van der Waals surface area contributed by atoms with E-state index < -0.39 is 0 Å². The SMILES string of the molecule is NCC(c1cccc(O)c1)C1CCC1. The van der Waals surface area contributed by atoms with Crippen LogP contribution in [0, 0.1) is 5.92 Å². The van der Waals surface area contributed by atoms with Crippen LogP contribution in [0.25, 0.3) is 0 Å². The Labute approximate surface area is 84.7 Å². The molecule has 1 aromatic rings. The quantitative estimate of drug-likeness (QED) is 0.769. The zero-order chi connectivity index (χ0) is 9.97. The summed E-state index contributed by atoms with van der Waals surface area (Å²) in [5.74, 6) is 1.53. The first kappa shape index (κ1) is 9.53. The van der Waals surface area contributed by atoms with Gasteiger partial charge in [0.1, 0.15) is 5.75 Å². The van der Waals surface area contributed by atoms with Crippen molar-refractivity contribution in [1.82, 2.24) is 0 Å². The van der Waals surface area contributed by atoms with Crippen LogP contribution in [0.5, 0.6) is 5.75 Å². The normalized spacial score (nSPS) is 18.9. The highest BCUT2D eigenvalue weighted by Gasteiger charge is 2.27. The summed E-state index contributed by atoms with van der Waals surface area (Å²) >= 11 is 0. The van der Waals surface area contributed by atoms with E-state index in [4.69, 9.17) is 5.73 Å². The first-order valence-corrected chi connectivity index (χ1v) is 5.30. The van der Waals surface area contributed by atoms with Crippen molar-refractivity contribution in [2.45, 2.75) is 25.2 Å². The average molecular weight is 191 g/mol. The van der Waals surface area contributed by atoms with Crippen LogP contribution in [0.2, 0.25) is 0 Å². The molecule has 0 radical (unpaired) electrons. The van der Waals surface area contributed by atoms with Gasteiger partial charge in [-0.2, -0.15) is 0 Å². The third-order valence-corrected chi connectivity index (χ3v) is 3.27. The van der Waals surface area contributed by atoms with Gasteiger partial charge in [-0.15, -0.1) is 0 Å². The van der Waals surface area contributed by atoms with Crippen molar-refractivity contribution in [2.75, 3.05) is 6.54 Å². The zero-order valence-corrected chi connectivity index (χ0v) is 8.32. The van der Waals surface area contributed by atoms with E-state index in [2.05, 4.69) is 6.07 Å². The topological polar surface area (TPSA) is 46.2 Å². The molecule has 1 unspecified atom stereocenters. The number of rotatable bonds is 3. The summed E-state index contributed by atoms with van der Waals surface area (Å²) in [5, 5.41) is 9.39. The van der Waals surface area contributed by atoms with Gasteiger partial charge in [-0.05, 0) is 48.9 Å². The highest BCUT2D eigenvalue weighted by atomic mass is 16.3. The van der Waals surface area contributed by atoms with E-state index in [1.807, 2.05) is 12.1 Å². The summed E-state index contributed by atoms with van der Waals surface area (Å²) in [4.78, 5) is 0. The maximum absolute atomic E-state index is 9.39. The number of phenolic OH excluding ortho intramolecular Hbond substituents is 1. The molecule has 0 amide bonds. The van der Waals surface area contributed by atoms with Crippen molar-refractivity contribution in [3.8, 4) is 5.75 Å². The highest BCUT2D eigenvalue weighted by Crippen LogP contribution is 2.39. The van der Waals surface area contributed by atoms with Gasteiger partial charge in [0, 0.05) is 0 Å². The monoisotopic (exact) mass is 191 g/mol. The van der Waals surface area contributed by atoms with Crippen molar-refractivity contribution in [3.63, 3.8) is 0 Å². The van der Waals surface area contributed by atoms with E-state index in [1.54, 1.807) is 6.07 Å². The summed E-state index contributed by atoms with van der Waals surface area (Å²) in [6, 6.07) is 7.51. The molecule has 1 aromatic carbocycles. The molecular formula is C12H17NO. The van der Waals surface area contributed by atoms with Gasteiger partial charge >= 0.3 is 0 Å². The molecule has 2 nitrogen and oxygen atoms in total. The van der Waals surface area contributed by atoms with Gasteiger partial charge in [0.25, 0.3) is 0 Å². The summed E-state index contributed by atoms with van der Waals surface area (Å²) in [6.07, 6.45) is 3.91. The number of hydrogen-bond donors (Lipinski definition) is 2. The minimum Gasteiger partial charge on any atom is -0.508 e. The number of phenols is 1. The highest BCUT2D eigenvalue weighted by molar-refractivity contribution is 5.30. The maximum Gasteiger partial charge on any atom is 0.115 e. The molecule has 0 bridgehead atoms. The van der Waals surface area contributed by atoms with Crippen LogP contribution in [0.1, 0.15) is 30.7 Å². The summed E-state index contributed by atoms with van der Waals surface area (Å²) < 4.78 is 0. The van der Waals surface area contributed by atoms with E-state index in [0.29, 0.717) is 18.2 Å². The van der Waals surface area contributed by atoms with E-state index in [-0.39, 0.29) is 0 Å².